The maximum absolute atomic E-state index is 12.2. The first-order valence-corrected chi connectivity index (χ1v) is 18.0. The van der Waals surface area contributed by atoms with E-state index in [1.54, 1.807) is 0 Å². The van der Waals surface area contributed by atoms with Gasteiger partial charge in [-0.3, -0.25) is 14.1 Å². The number of phosphoric ester groups is 1. The lowest BCUT2D eigenvalue weighted by atomic mass is 10.0. The van der Waals surface area contributed by atoms with Crippen LogP contribution in [-0.2, 0) is 28.2 Å². The summed E-state index contributed by atoms with van der Waals surface area (Å²) < 4.78 is 26.1. The second-order valence-corrected chi connectivity index (χ2v) is 12.4. The maximum Gasteiger partial charge on any atom is 0.469 e. The molecule has 0 fully saturated rings. The van der Waals surface area contributed by atoms with Crippen molar-refractivity contribution in [1.82, 2.24) is 0 Å². The van der Waals surface area contributed by atoms with Crippen LogP contribution >= 0.6 is 7.82 Å². The molecule has 242 valence electrons. The molecule has 0 amide bonds. The molecule has 8 nitrogen and oxygen atoms in total. The topological polar surface area (TPSA) is 119 Å². The van der Waals surface area contributed by atoms with E-state index in [2.05, 4.69) is 23.6 Å². The summed E-state index contributed by atoms with van der Waals surface area (Å²) in [7, 11) is -4.74. The molecule has 0 radical (unpaired) electrons. The maximum atomic E-state index is 12.2. The van der Waals surface area contributed by atoms with E-state index >= 15 is 0 Å². The van der Waals surface area contributed by atoms with Crippen LogP contribution in [0.15, 0.2) is 12.2 Å². The summed E-state index contributed by atoms with van der Waals surface area (Å²) in [5.41, 5.74) is 0. The first kappa shape index (κ1) is 39.8. The highest BCUT2D eigenvalue weighted by molar-refractivity contribution is 7.46. The number of phosphoric acid groups is 1. The molecule has 0 aliphatic rings. The molecule has 0 saturated heterocycles. The van der Waals surface area contributed by atoms with Gasteiger partial charge in [0.15, 0.2) is 6.10 Å². The molecule has 0 bridgehead atoms. The fraction of sp³-hybridized carbons (Fsp3) is 0.875. The minimum atomic E-state index is -4.74. The van der Waals surface area contributed by atoms with Gasteiger partial charge >= 0.3 is 19.8 Å². The van der Waals surface area contributed by atoms with E-state index in [4.69, 9.17) is 19.3 Å². The fourth-order valence-electron chi connectivity index (χ4n) is 4.67. The third-order valence-electron chi connectivity index (χ3n) is 7.13. The van der Waals surface area contributed by atoms with Crippen LogP contribution < -0.4 is 0 Å². The van der Waals surface area contributed by atoms with E-state index in [0.717, 1.165) is 44.9 Å². The number of carbonyl (C=O) groups is 2. The van der Waals surface area contributed by atoms with Gasteiger partial charge in [0.2, 0.25) is 0 Å². The Hall–Kier alpha value is -1.21. The van der Waals surface area contributed by atoms with Crippen LogP contribution in [-0.4, -0.2) is 41.0 Å². The number of hydrogen-bond donors (Lipinski definition) is 2. The zero-order chi connectivity index (χ0) is 30.4. The van der Waals surface area contributed by atoms with Gasteiger partial charge in [-0.25, -0.2) is 4.57 Å². The van der Waals surface area contributed by atoms with Crippen LogP contribution in [0.25, 0.3) is 0 Å². The Bertz CT molecular complexity index is 691. The number of rotatable bonds is 30. The van der Waals surface area contributed by atoms with Gasteiger partial charge in [-0.1, -0.05) is 128 Å². The summed E-state index contributed by atoms with van der Waals surface area (Å²) in [5.74, 6) is -0.890. The summed E-state index contributed by atoms with van der Waals surface area (Å²) in [5, 5.41) is 0. The van der Waals surface area contributed by atoms with E-state index in [9.17, 15) is 14.2 Å². The molecular weight excluding hydrogens is 543 g/mol. The Labute approximate surface area is 250 Å². The lowest BCUT2D eigenvalue weighted by Gasteiger charge is -2.18. The highest BCUT2D eigenvalue weighted by atomic mass is 31.2. The summed E-state index contributed by atoms with van der Waals surface area (Å²) in [6.45, 7) is 3.46. The molecule has 0 aromatic rings. The van der Waals surface area contributed by atoms with Crippen LogP contribution in [0.4, 0.5) is 0 Å². The molecule has 0 spiro atoms. The van der Waals surface area contributed by atoms with Gasteiger partial charge in [0, 0.05) is 12.8 Å². The van der Waals surface area contributed by atoms with E-state index in [1.165, 1.54) is 83.5 Å². The highest BCUT2D eigenvalue weighted by Gasteiger charge is 2.22. The largest absolute Gasteiger partial charge is 0.469 e. The smallest absolute Gasteiger partial charge is 0.462 e. The van der Waals surface area contributed by atoms with Crippen molar-refractivity contribution in [1.29, 1.82) is 0 Å². The Kier molecular flexibility index (Phi) is 28.0. The number of hydrogen-bond acceptors (Lipinski definition) is 6. The van der Waals surface area contributed by atoms with Crippen molar-refractivity contribution in [3.63, 3.8) is 0 Å². The minimum Gasteiger partial charge on any atom is -0.462 e. The Morgan fingerprint density at radius 2 is 1.10 bits per heavy atom. The van der Waals surface area contributed by atoms with Gasteiger partial charge in [0.25, 0.3) is 0 Å². The predicted octanol–water partition coefficient (Wildman–Crippen LogP) is 9.12. The lowest BCUT2D eigenvalue weighted by Crippen LogP contribution is -2.29. The minimum absolute atomic E-state index is 0.209. The monoisotopic (exact) mass is 604 g/mol. The molecule has 0 aromatic carbocycles. The van der Waals surface area contributed by atoms with Crippen molar-refractivity contribution in [2.24, 2.45) is 0 Å². The normalized spacial score (nSPS) is 12.6. The van der Waals surface area contributed by atoms with Gasteiger partial charge in [0.05, 0.1) is 6.61 Å². The Morgan fingerprint density at radius 3 is 1.56 bits per heavy atom. The molecule has 41 heavy (non-hydrogen) atoms. The van der Waals surface area contributed by atoms with Crippen molar-refractivity contribution in [2.75, 3.05) is 13.2 Å². The van der Waals surface area contributed by atoms with Crippen molar-refractivity contribution >= 4 is 19.8 Å². The van der Waals surface area contributed by atoms with Gasteiger partial charge in [0.1, 0.15) is 6.61 Å². The standard InChI is InChI=1S/C32H61O8P/c1-3-5-7-9-11-13-15-16-17-19-20-22-24-26-31(33)38-28-30(29-39-41(35,36)37)40-32(34)27-25-23-21-18-14-12-10-8-6-4-2/h4,6,30H,3,5,7-29H2,1-2H3,(H2,35,36,37)/b6-4+/t30-/m1/s1. The molecule has 0 aliphatic heterocycles. The SMILES string of the molecule is C/C=C/CCCCCCCCCC(=O)O[C@H](COC(=O)CCCCCCCCCCCCCCC)COP(=O)(O)O. The summed E-state index contributed by atoms with van der Waals surface area (Å²) in [4.78, 5) is 42.4. The van der Waals surface area contributed by atoms with Crippen molar-refractivity contribution in [2.45, 2.75) is 168 Å². The van der Waals surface area contributed by atoms with Gasteiger partial charge in [-0.05, 0) is 32.6 Å². The van der Waals surface area contributed by atoms with Crippen molar-refractivity contribution in [3.8, 4) is 0 Å². The van der Waals surface area contributed by atoms with Crippen LogP contribution in [0.2, 0.25) is 0 Å². The summed E-state index contributed by atoms with van der Waals surface area (Å²) in [6.07, 6.45) is 28.1. The van der Waals surface area contributed by atoms with Crippen molar-refractivity contribution < 1.29 is 37.9 Å². The van der Waals surface area contributed by atoms with Crippen molar-refractivity contribution in [3.05, 3.63) is 12.2 Å². The molecule has 2 N–H and O–H groups in total. The molecular formula is C32H61O8P. The summed E-state index contributed by atoms with van der Waals surface area (Å²) in [6, 6.07) is 0. The van der Waals surface area contributed by atoms with E-state index in [-0.39, 0.29) is 19.4 Å². The van der Waals surface area contributed by atoms with Crippen LogP contribution in [0.3, 0.4) is 0 Å². The van der Waals surface area contributed by atoms with Gasteiger partial charge < -0.3 is 19.3 Å². The van der Waals surface area contributed by atoms with Gasteiger partial charge in [-0.15, -0.1) is 0 Å². The third kappa shape index (κ3) is 31.6. The molecule has 1 atom stereocenters. The predicted molar refractivity (Wildman–Crippen MR) is 166 cm³/mol. The second-order valence-electron chi connectivity index (χ2n) is 11.2. The molecule has 0 aliphatic carbocycles. The number of carbonyl (C=O) groups excluding carboxylic acids is 2. The molecule has 0 saturated carbocycles. The fourth-order valence-corrected chi connectivity index (χ4v) is 5.03. The van der Waals surface area contributed by atoms with E-state index < -0.39 is 32.5 Å². The molecule has 0 unspecified atom stereocenters. The first-order chi connectivity index (χ1) is 19.8. The molecule has 0 rings (SSSR count). The van der Waals surface area contributed by atoms with Gasteiger partial charge in [-0.2, -0.15) is 0 Å². The average molecular weight is 605 g/mol. The Morgan fingerprint density at radius 1 is 0.659 bits per heavy atom. The van der Waals surface area contributed by atoms with Crippen LogP contribution in [0.5, 0.6) is 0 Å². The quantitative estimate of drug-likeness (QED) is 0.0360. The Balaban J connectivity index is 3.99. The van der Waals surface area contributed by atoms with Crippen LogP contribution in [0, 0.1) is 0 Å². The number of allylic oxidation sites excluding steroid dienone is 2. The number of ether oxygens (including phenoxy) is 2. The second kappa shape index (κ2) is 28.9. The molecule has 0 heterocycles. The van der Waals surface area contributed by atoms with E-state index in [1.807, 2.05) is 6.92 Å². The number of esters is 2. The third-order valence-corrected chi connectivity index (χ3v) is 7.61. The average Bonchev–Trinajstić information content (AvgIpc) is 2.93. The zero-order valence-corrected chi connectivity index (χ0v) is 27.1. The highest BCUT2D eigenvalue weighted by Crippen LogP contribution is 2.35. The lowest BCUT2D eigenvalue weighted by molar-refractivity contribution is -0.161. The summed E-state index contributed by atoms with van der Waals surface area (Å²) >= 11 is 0. The molecule has 9 heteroatoms. The van der Waals surface area contributed by atoms with E-state index in [0.29, 0.717) is 6.42 Å². The van der Waals surface area contributed by atoms with Crippen LogP contribution in [0.1, 0.15) is 162 Å². The first-order valence-electron chi connectivity index (χ1n) is 16.4. The molecule has 0 aromatic heterocycles. The number of unbranched alkanes of at least 4 members (excludes halogenated alkanes) is 19. The zero-order valence-electron chi connectivity index (χ0n) is 26.2.